The fraction of sp³-hybridized carbons (Fsp3) is 0.172. The summed E-state index contributed by atoms with van der Waals surface area (Å²) in [5, 5.41) is 4.09. The van der Waals surface area contributed by atoms with E-state index in [9.17, 15) is 14.4 Å². The molecule has 0 atom stereocenters. The molecule has 3 aromatic carbocycles. The normalized spacial score (nSPS) is 10.7. The average molecular weight is 551 g/mol. The summed E-state index contributed by atoms with van der Waals surface area (Å²) < 4.78 is 10.5. The quantitative estimate of drug-likeness (QED) is 0.179. The van der Waals surface area contributed by atoms with Gasteiger partial charge in [-0.2, -0.15) is 0 Å². The number of carbonyl (C=O) groups excluding carboxylic acids is 3. The Labute approximate surface area is 229 Å². The average Bonchev–Trinajstić information content (AvgIpc) is 2.91. The fourth-order valence-corrected chi connectivity index (χ4v) is 4.17. The van der Waals surface area contributed by atoms with Crippen LogP contribution in [0.2, 0.25) is 10.0 Å². The summed E-state index contributed by atoms with van der Waals surface area (Å²) in [6.45, 7) is 1.87. The van der Waals surface area contributed by atoms with Crippen LogP contribution in [0.25, 0.3) is 22.2 Å². The van der Waals surface area contributed by atoms with Crippen LogP contribution < -0.4 is 5.32 Å². The van der Waals surface area contributed by atoms with Crippen LogP contribution >= 0.6 is 23.2 Å². The van der Waals surface area contributed by atoms with Gasteiger partial charge in [-0.15, -0.1) is 0 Å². The van der Waals surface area contributed by atoms with Gasteiger partial charge < -0.3 is 14.8 Å². The number of pyridine rings is 1. The Bertz CT molecular complexity index is 1490. The van der Waals surface area contributed by atoms with Crippen molar-refractivity contribution in [3.63, 3.8) is 0 Å². The predicted octanol–water partition coefficient (Wildman–Crippen LogP) is 6.96. The first-order valence-electron chi connectivity index (χ1n) is 11.9. The molecule has 4 rings (SSSR count). The molecule has 0 radical (unpaired) electrons. The number of benzene rings is 3. The van der Waals surface area contributed by atoms with Gasteiger partial charge in [0.25, 0.3) is 5.91 Å². The molecule has 0 saturated carbocycles. The lowest BCUT2D eigenvalue weighted by Gasteiger charge is -2.11. The number of hydrogen-bond donors (Lipinski definition) is 1. The van der Waals surface area contributed by atoms with E-state index in [4.69, 9.17) is 32.7 Å². The summed E-state index contributed by atoms with van der Waals surface area (Å²) in [6, 6.07) is 20.0. The second kappa shape index (κ2) is 12.5. The Morgan fingerprint density at radius 1 is 0.895 bits per heavy atom. The second-order valence-corrected chi connectivity index (χ2v) is 9.23. The van der Waals surface area contributed by atoms with E-state index >= 15 is 0 Å². The fourth-order valence-electron chi connectivity index (χ4n) is 3.67. The van der Waals surface area contributed by atoms with Gasteiger partial charge in [0.15, 0.2) is 6.61 Å². The van der Waals surface area contributed by atoms with Gasteiger partial charge in [-0.25, -0.2) is 14.6 Å². The molecule has 4 aromatic rings. The van der Waals surface area contributed by atoms with Crippen molar-refractivity contribution in [3.05, 3.63) is 94.0 Å². The number of esters is 2. The van der Waals surface area contributed by atoms with Gasteiger partial charge in [0, 0.05) is 21.7 Å². The van der Waals surface area contributed by atoms with Crippen LogP contribution in [0.15, 0.2) is 72.8 Å². The van der Waals surface area contributed by atoms with Crippen LogP contribution in [0.3, 0.4) is 0 Å². The van der Waals surface area contributed by atoms with Crippen molar-refractivity contribution in [2.24, 2.45) is 0 Å². The third-order valence-electron chi connectivity index (χ3n) is 5.61. The number of nitrogens with one attached hydrogen (secondary N) is 1. The summed E-state index contributed by atoms with van der Waals surface area (Å²) in [7, 11) is 0. The molecule has 0 aliphatic rings. The summed E-state index contributed by atoms with van der Waals surface area (Å²) in [4.78, 5) is 42.1. The molecule has 1 amide bonds. The maximum absolute atomic E-state index is 13.0. The number of amides is 1. The minimum absolute atomic E-state index is 0.246. The number of nitrogens with zero attached hydrogens (tertiary/aromatic N) is 1. The number of ether oxygens (including phenoxy) is 2. The van der Waals surface area contributed by atoms with Crippen molar-refractivity contribution in [2.75, 3.05) is 18.5 Å². The SMILES string of the molecule is CCCCOC(=O)c1ccc(NC(=O)COC(=O)c2cc(-c3ccc(Cl)cc3Cl)nc3ccccc23)cc1. The van der Waals surface area contributed by atoms with Crippen LogP contribution in [0.4, 0.5) is 5.69 Å². The maximum Gasteiger partial charge on any atom is 0.339 e. The van der Waals surface area contributed by atoms with Crippen molar-refractivity contribution < 1.29 is 23.9 Å². The molecule has 1 heterocycles. The summed E-state index contributed by atoms with van der Waals surface area (Å²) >= 11 is 12.4. The zero-order valence-corrected chi connectivity index (χ0v) is 22.0. The van der Waals surface area contributed by atoms with Crippen LogP contribution in [0.5, 0.6) is 0 Å². The number of hydrogen-bond acceptors (Lipinski definition) is 6. The Morgan fingerprint density at radius 3 is 2.39 bits per heavy atom. The molecule has 38 heavy (non-hydrogen) atoms. The lowest BCUT2D eigenvalue weighted by molar-refractivity contribution is -0.119. The van der Waals surface area contributed by atoms with Gasteiger partial charge in [0.2, 0.25) is 0 Å². The molecule has 0 fully saturated rings. The molecule has 1 aromatic heterocycles. The first kappa shape index (κ1) is 27.1. The number of aromatic nitrogens is 1. The number of para-hydroxylation sites is 1. The molecule has 1 N–H and O–H groups in total. The monoisotopic (exact) mass is 550 g/mol. The van der Waals surface area contributed by atoms with E-state index in [1.807, 2.05) is 6.92 Å². The Balaban J connectivity index is 1.44. The zero-order chi connectivity index (χ0) is 27.1. The number of unbranched alkanes of at least 4 members (excludes halogenated alkanes) is 1. The first-order chi connectivity index (χ1) is 18.4. The highest BCUT2D eigenvalue weighted by Crippen LogP contribution is 2.32. The van der Waals surface area contributed by atoms with Crippen LogP contribution in [-0.2, 0) is 14.3 Å². The van der Waals surface area contributed by atoms with Crippen LogP contribution in [0, 0.1) is 0 Å². The van der Waals surface area contributed by atoms with E-state index in [1.54, 1.807) is 72.8 Å². The Kier molecular flexibility index (Phi) is 8.94. The van der Waals surface area contributed by atoms with E-state index in [0.717, 1.165) is 12.8 Å². The zero-order valence-electron chi connectivity index (χ0n) is 20.5. The number of anilines is 1. The van der Waals surface area contributed by atoms with E-state index in [1.165, 1.54) is 0 Å². The molecular weight excluding hydrogens is 527 g/mol. The van der Waals surface area contributed by atoms with Gasteiger partial charge in [-0.05, 0) is 61.0 Å². The van der Waals surface area contributed by atoms with Crippen molar-refractivity contribution in [3.8, 4) is 11.3 Å². The largest absolute Gasteiger partial charge is 0.462 e. The molecule has 7 nitrogen and oxygen atoms in total. The molecule has 9 heteroatoms. The first-order valence-corrected chi connectivity index (χ1v) is 12.7. The van der Waals surface area contributed by atoms with E-state index in [0.29, 0.717) is 50.1 Å². The molecule has 0 unspecified atom stereocenters. The molecule has 0 aliphatic heterocycles. The maximum atomic E-state index is 13.0. The van der Waals surface area contributed by atoms with Crippen molar-refractivity contribution in [2.45, 2.75) is 19.8 Å². The minimum atomic E-state index is -0.685. The smallest absolute Gasteiger partial charge is 0.339 e. The number of fused-ring (bicyclic) bond motifs is 1. The van der Waals surface area contributed by atoms with Gasteiger partial charge in [-0.3, -0.25) is 4.79 Å². The third kappa shape index (κ3) is 6.68. The molecule has 194 valence electrons. The summed E-state index contributed by atoms with van der Waals surface area (Å²) in [6.07, 6.45) is 1.72. The molecule has 0 aliphatic carbocycles. The van der Waals surface area contributed by atoms with Gasteiger partial charge in [0.05, 0.1) is 34.0 Å². The van der Waals surface area contributed by atoms with Gasteiger partial charge in [-0.1, -0.05) is 54.7 Å². The molecule has 0 spiro atoms. The molecule has 0 saturated heterocycles. The standard InChI is InChI=1S/C29H24Cl2N2O5/c1-2-3-14-37-28(35)18-8-11-20(12-9-18)32-27(34)17-38-29(36)23-16-26(22-13-10-19(30)15-24(22)31)33-25-7-5-4-6-21(23)25/h4-13,15-16H,2-3,14,17H2,1H3,(H,32,34). The highest BCUT2D eigenvalue weighted by molar-refractivity contribution is 6.36. The van der Waals surface area contributed by atoms with Crippen molar-refractivity contribution in [1.29, 1.82) is 0 Å². The van der Waals surface area contributed by atoms with Gasteiger partial charge >= 0.3 is 11.9 Å². The van der Waals surface area contributed by atoms with Crippen molar-refractivity contribution in [1.82, 2.24) is 4.98 Å². The highest BCUT2D eigenvalue weighted by atomic mass is 35.5. The third-order valence-corrected chi connectivity index (χ3v) is 6.16. The van der Waals surface area contributed by atoms with Crippen molar-refractivity contribution >= 4 is 57.6 Å². The lowest BCUT2D eigenvalue weighted by Crippen LogP contribution is -2.21. The van der Waals surface area contributed by atoms with E-state index < -0.39 is 24.5 Å². The lowest BCUT2D eigenvalue weighted by atomic mass is 10.0. The van der Waals surface area contributed by atoms with E-state index in [2.05, 4.69) is 10.3 Å². The van der Waals surface area contributed by atoms with Crippen LogP contribution in [0.1, 0.15) is 40.5 Å². The number of rotatable bonds is 9. The van der Waals surface area contributed by atoms with Crippen LogP contribution in [-0.4, -0.2) is 36.0 Å². The Hall–Kier alpha value is -3.94. The van der Waals surface area contributed by atoms with Gasteiger partial charge in [0.1, 0.15) is 0 Å². The minimum Gasteiger partial charge on any atom is -0.462 e. The second-order valence-electron chi connectivity index (χ2n) is 8.39. The number of carbonyl (C=O) groups is 3. The molecule has 0 bridgehead atoms. The Morgan fingerprint density at radius 2 is 1.66 bits per heavy atom. The summed E-state index contributed by atoms with van der Waals surface area (Å²) in [5.74, 6) is -1.64. The predicted molar refractivity (Wildman–Crippen MR) is 148 cm³/mol. The number of halogens is 2. The molecular formula is C29H24Cl2N2O5. The highest BCUT2D eigenvalue weighted by Gasteiger charge is 2.18. The topological polar surface area (TPSA) is 94.6 Å². The summed E-state index contributed by atoms with van der Waals surface area (Å²) in [5.41, 5.74) is 2.72. The van der Waals surface area contributed by atoms with E-state index in [-0.39, 0.29) is 5.56 Å².